The highest BCUT2D eigenvalue weighted by atomic mass is 35.5. The average Bonchev–Trinajstić information content (AvgIpc) is 3.26. The predicted molar refractivity (Wildman–Crippen MR) is 105 cm³/mol. The van der Waals surface area contributed by atoms with E-state index in [2.05, 4.69) is 0 Å². The van der Waals surface area contributed by atoms with Gasteiger partial charge < -0.3 is 10.6 Å². The second kappa shape index (κ2) is 7.87. The molecule has 5 nitrogen and oxygen atoms in total. The summed E-state index contributed by atoms with van der Waals surface area (Å²) in [5.41, 5.74) is 7.35. The fourth-order valence-electron chi connectivity index (χ4n) is 4.25. The molecule has 26 heavy (non-hydrogen) atoms. The first-order valence-corrected chi connectivity index (χ1v) is 10.6. The maximum atomic E-state index is 13.6. The van der Waals surface area contributed by atoms with Crippen molar-refractivity contribution in [3.8, 4) is 0 Å². The van der Waals surface area contributed by atoms with Crippen molar-refractivity contribution in [1.82, 2.24) is 4.90 Å². The van der Waals surface area contributed by atoms with Crippen LogP contribution < -0.4 is 5.73 Å². The molecule has 1 heterocycles. The van der Waals surface area contributed by atoms with Gasteiger partial charge in [-0.1, -0.05) is 25.0 Å². The monoisotopic (exact) mass is 400 g/mol. The van der Waals surface area contributed by atoms with Crippen molar-refractivity contribution in [2.24, 2.45) is 11.7 Å². The van der Waals surface area contributed by atoms with Crippen LogP contribution in [-0.4, -0.2) is 43.6 Å². The van der Waals surface area contributed by atoms with Crippen LogP contribution >= 0.6 is 12.4 Å². The van der Waals surface area contributed by atoms with Crippen LogP contribution in [0.4, 0.5) is 0 Å². The topological polar surface area (TPSA) is 80.5 Å². The van der Waals surface area contributed by atoms with Crippen LogP contribution in [0.5, 0.6) is 0 Å². The van der Waals surface area contributed by atoms with Gasteiger partial charge >= 0.3 is 0 Å². The molecule has 1 aromatic rings. The third-order valence-corrected chi connectivity index (χ3v) is 8.49. The van der Waals surface area contributed by atoms with Gasteiger partial charge in [-0.25, -0.2) is 8.42 Å². The lowest BCUT2D eigenvalue weighted by Gasteiger charge is -2.32. The van der Waals surface area contributed by atoms with Crippen molar-refractivity contribution >= 4 is 28.2 Å². The van der Waals surface area contributed by atoms with E-state index in [4.69, 9.17) is 5.73 Å². The van der Waals surface area contributed by atoms with Crippen molar-refractivity contribution in [2.45, 2.75) is 55.6 Å². The number of carbonyl (C=O) groups excluding carboxylic acids is 1. The van der Waals surface area contributed by atoms with E-state index in [1.54, 1.807) is 17.9 Å². The summed E-state index contributed by atoms with van der Waals surface area (Å²) in [6.07, 6.45) is 3.27. The lowest BCUT2D eigenvalue weighted by Crippen LogP contribution is -2.52. The second-order valence-corrected chi connectivity index (χ2v) is 9.84. The van der Waals surface area contributed by atoms with E-state index in [0.717, 1.165) is 24.8 Å². The molecular formula is C19H29ClN2O3S. The van der Waals surface area contributed by atoms with E-state index in [9.17, 15) is 13.2 Å². The third-order valence-electron chi connectivity index (χ3n) is 5.85. The van der Waals surface area contributed by atoms with Crippen molar-refractivity contribution < 1.29 is 13.2 Å². The molecule has 0 aromatic heterocycles. The molecule has 1 aromatic carbocycles. The summed E-state index contributed by atoms with van der Waals surface area (Å²) in [4.78, 5) is 15.4. The Bertz CT molecular complexity index is 773. The van der Waals surface area contributed by atoms with Crippen LogP contribution in [0.25, 0.3) is 0 Å². The lowest BCUT2D eigenvalue weighted by atomic mass is 10.1. The van der Waals surface area contributed by atoms with Crippen molar-refractivity contribution in [1.29, 1.82) is 0 Å². The van der Waals surface area contributed by atoms with Gasteiger partial charge in [0.1, 0.15) is 0 Å². The molecule has 0 bridgehead atoms. The Morgan fingerprint density at radius 2 is 1.92 bits per heavy atom. The molecule has 0 spiro atoms. The molecule has 1 atom stereocenters. The van der Waals surface area contributed by atoms with Gasteiger partial charge in [-0.2, -0.15) is 0 Å². The highest BCUT2D eigenvalue weighted by molar-refractivity contribution is 7.93. The normalized spacial score (nSPS) is 22.3. The quantitative estimate of drug-likeness (QED) is 0.842. The van der Waals surface area contributed by atoms with E-state index < -0.39 is 14.6 Å². The number of hydrogen-bond donors (Lipinski definition) is 1. The fraction of sp³-hybridized carbons (Fsp3) is 0.632. The Morgan fingerprint density at radius 1 is 1.27 bits per heavy atom. The molecule has 1 aliphatic heterocycles. The summed E-state index contributed by atoms with van der Waals surface area (Å²) >= 11 is 0. The molecule has 1 saturated heterocycles. The lowest BCUT2D eigenvalue weighted by molar-refractivity contribution is -0.133. The molecule has 1 unspecified atom stereocenters. The Balaban J connectivity index is 0.00000243. The summed E-state index contributed by atoms with van der Waals surface area (Å²) in [6, 6.07) is 5.45. The van der Waals surface area contributed by atoms with Gasteiger partial charge in [-0.15, -0.1) is 12.4 Å². The van der Waals surface area contributed by atoms with E-state index in [-0.39, 0.29) is 24.2 Å². The maximum absolute atomic E-state index is 13.6. The molecule has 1 aliphatic carbocycles. The third kappa shape index (κ3) is 3.39. The van der Waals surface area contributed by atoms with Crippen molar-refractivity contribution in [2.75, 3.05) is 19.6 Å². The highest BCUT2D eigenvalue weighted by Crippen LogP contribution is 2.43. The molecule has 1 amide bonds. The number of nitrogens with two attached hydrogens (primary N) is 1. The molecule has 0 radical (unpaired) electrons. The minimum Gasteiger partial charge on any atom is -0.341 e. The molecule has 2 N–H and O–H groups in total. The van der Waals surface area contributed by atoms with Crippen LogP contribution in [0.2, 0.25) is 0 Å². The molecule has 2 fully saturated rings. The zero-order valence-electron chi connectivity index (χ0n) is 15.5. The van der Waals surface area contributed by atoms with Gasteiger partial charge in [-0.05, 0) is 62.8 Å². The maximum Gasteiger partial charge on any atom is 0.244 e. The number of benzene rings is 1. The van der Waals surface area contributed by atoms with E-state index >= 15 is 0 Å². The molecule has 1 saturated carbocycles. The first-order valence-electron chi connectivity index (χ1n) is 9.13. The number of sulfone groups is 1. The summed E-state index contributed by atoms with van der Waals surface area (Å²) in [5.74, 6) is 0.0765. The zero-order valence-corrected chi connectivity index (χ0v) is 17.2. The van der Waals surface area contributed by atoms with Gasteiger partial charge in [0.2, 0.25) is 5.91 Å². The molecule has 7 heteroatoms. The number of amides is 1. The van der Waals surface area contributed by atoms with Crippen LogP contribution in [0, 0.1) is 19.8 Å². The predicted octanol–water partition coefficient (Wildman–Crippen LogP) is 2.62. The number of rotatable bonds is 4. The van der Waals surface area contributed by atoms with Crippen molar-refractivity contribution in [3.05, 3.63) is 29.3 Å². The van der Waals surface area contributed by atoms with Gasteiger partial charge in [0.05, 0.1) is 4.90 Å². The number of carbonyl (C=O) groups is 1. The summed E-state index contributed by atoms with van der Waals surface area (Å²) in [6.45, 7) is 5.43. The number of hydrogen-bond acceptors (Lipinski definition) is 4. The fourth-order valence-corrected chi connectivity index (χ4v) is 6.69. The minimum absolute atomic E-state index is 0. The van der Waals surface area contributed by atoms with E-state index in [0.29, 0.717) is 42.9 Å². The molecule has 2 aliphatic rings. The Kier molecular flexibility index (Phi) is 6.41. The highest BCUT2D eigenvalue weighted by Gasteiger charge is 2.55. The van der Waals surface area contributed by atoms with Crippen LogP contribution in [0.3, 0.4) is 0 Å². The van der Waals surface area contributed by atoms with Gasteiger partial charge in [0, 0.05) is 13.1 Å². The summed E-state index contributed by atoms with van der Waals surface area (Å²) in [7, 11) is -3.74. The summed E-state index contributed by atoms with van der Waals surface area (Å²) < 4.78 is 25.9. The smallest absolute Gasteiger partial charge is 0.244 e. The number of nitrogens with zero attached hydrogens (tertiary/aromatic N) is 1. The Hall–Kier alpha value is -1.11. The van der Waals surface area contributed by atoms with Crippen molar-refractivity contribution in [3.63, 3.8) is 0 Å². The average molecular weight is 401 g/mol. The first-order chi connectivity index (χ1) is 11.8. The van der Waals surface area contributed by atoms with E-state index in [1.165, 1.54) is 0 Å². The SMILES string of the molecule is Cc1ccc(C)c(S(=O)(=O)C2(C(=O)N3CCC(CN)C3)CCCC2)c1.Cl. The first kappa shape index (κ1) is 21.2. The molecule has 146 valence electrons. The van der Waals surface area contributed by atoms with Crippen LogP contribution in [0.1, 0.15) is 43.2 Å². The number of halogens is 1. The summed E-state index contributed by atoms with van der Waals surface area (Å²) in [5, 5.41) is 0. The second-order valence-electron chi connectivity index (χ2n) is 7.62. The molecular weight excluding hydrogens is 372 g/mol. The number of aryl methyl sites for hydroxylation is 2. The molecule has 3 rings (SSSR count). The largest absolute Gasteiger partial charge is 0.341 e. The van der Waals surface area contributed by atoms with Crippen LogP contribution in [0.15, 0.2) is 23.1 Å². The number of likely N-dealkylation sites (tertiary alicyclic amines) is 1. The van der Waals surface area contributed by atoms with E-state index in [1.807, 2.05) is 19.1 Å². The zero-order chi connectivity index (χ0) is 18.2. The van der Waals surface area contributed by atoms with Crippen LogP contribution in [-0.2, 0) is 14.6 Å². The van der Waals surface area contributed by atoms with Gasteiger partial charge in [0.25, 0.3) is 0 Å². The van der Waals surface area contributed by atoms with Gasteiger partial charge in [0.15, 0.2) is 14.6 Å². The Labute approximate surface area is 162 Å². The van der Waals surface area contributed by atoms with Gasteiger partial charge in [-0.3, -0.25) is 4.79 Å². The standard InChI is InChI=1S/C19H28N2O3S.ClH/c1-14-5-6-15(2)17(11-14)25(23,24)19(8-3-4-9-19)18(22)21-10-7-16(12-20)13-21;/h5-6,11,16H,3-4,7-10,12-13,20H2,1-2H3;1H. The Morgan fingerprint density at radius 3 is 2.50 bits per heavy atom. The minimum atomic E-state index is -3.74.